The van der Waals surface area contributed by atoms with Crippen molar-refractivity contribution in [3.8, 4) is 0 Å². The molecule has 0 aromatic heterocycles. The molecule has 0 heterocycles. The summed E-state index contributed by atoms with van der Waals surface area (Å²) >= 11 is 0. The van der Waals surface area contributed by atoms with Crippen LogP contribution in [0.3, 0.4) is 0 Å². The summed E-state index contributed by atoms with van der Waals surface area (Å²) in [7, 11) is -7.04. The third-order valence-electron chi connectivity index (χ3n) is 3.64. The Morgan fingerprint density at radius 3 is 2.19 bits per heavy atom. The third kappa shape index (κ3) is 4.79. The number of hydrogen-bond donors (Lipinski definition) is 1. The topological polar surface area (TPSA) is 94.3 Å². The van der Waals surface area contributed by atoms with Crippen molar-refractivity contribution in [3.05, 3.63) is 29.8 Å². The third-order valence-corrected chi connectivity index (χ3v) is 8.06. The largest absolute Gasteiger partial charge is 0.326 e. The zero-order valence-corrected chi connectivity index (χ0v) is 14.2. The molecule has 0 amide bonds. The Morgan fingerprint density at radius 1 is 1.05 bits per heavy atom. The van der Waals surface area contributed by atoms with Crippen molar-refractivity contribution in [1.29, 1.82) is 0 Å². The average molecular weight is 333 g/mol. The molecule has 21 heavy (non-hydrogen) atoms. The van der Waals surface area contributed by atoms with Crippen molar-refractivity contribution in [3.63, 3.8) is 0 Å². The molecule has 1 unspecified atom stereocenters. The van der Waals surface area contributed by atoms with Crippen LogP contribution >= 0.6 is 0 Å². The molecule has 0 saturated heterocycles. The van der Waals surface area contributed by atoms with Crippen LogP contribution in [-0.2, 0) is 26.2 Å². The highest BCUT2D eigenvalue weighted by molar-refractivity contribution is 7.95. The summed E-state index contributed by atoms with van der Waals surface area (Å²) in [5.41, 5.74) is 6.19. The lowest BCUT2D eigenvalue weighted by Gasteiger charge is -2.16. The molecule has 2 N–H and O–H groups in total. The Kier molecular flexibility index (Phi) is 5.95. The Labute approximate surface area is 127 Å². The highest BCUT2D eigenvalue weighted by atomic mass is 32.2. The van der Waals surface area contributed by atoms with Crippen molar-refractivity contribution < 1.29 is 16.8 Å². The minimum absolute atomic E-state index is 0.0433. The summed E-state index contributed by atoms with van der Waals surface area (Å²) in [5.74, 6) is -0.805. The van der Waals surface area contributed by atoms with Gasteiger partial charge in [-0.1, -0.05) is 26.0 Å². The molecular weight excluding hydrogens is 310 g/mol. The van der Waals surface area contributed by atoms with Gasteiger partial charge in [-0.05, 0) is 30.5 Å². The molecule has 1 rings (SSSR count). The van der Waals surface area contributed by atoms with Crippen molar-refractivity contribution in [2.24, 2.45) is 11.7 Å². The van der Waals surface area contributed by atoms with E-state index in [-0.39, 0.29) is 23.1 Å². The summed E-state index contributed by atoms with van der Waals surface area (Å²) < 4.78 is 48.6. The van der Waals surface area contributed by atoms with Crippen LogP contribution in [0.5, 0.6) is 0 Å². The van der Waals surface area contributed by atoms with Crippen molar-refractivity contribution in [1.82, 2.24) is 0 Å². The lowest BCUT2D eigenvalue weighted by Crippen LogP contribution is -2.29. The molecule has 0 spiro atoms. The summed E-state index contributed by atoms with van der Waals surface area (Å²) in [6.07, 6.45) is 0. The number of benzene rings is 1. The smallest absolute Gasteiger partial charge is 0.179 e. The van der Waals surface area contributed by atoms with Gasteiger partial charge in [-0.2, -0.15) is 0 Å². The van der Waals surface area contributed by atoms with Gasteiger partial charge >= 0.3 is 0 Å². The van der Waals surface area contributed by atoms with Gasteiger partial charge in [0.05, 0.1) is 21.7 Å². The van der Waals surface area contributed by atoms with E-state index >= 15 is 0 Å². The highest BCUT2D eigenvalue weighted by Gasteiger charge is 2.26. The van der Waals surface area contributed by atoms with E-state index in [0.29, 0.717) is 5.56 Å². The minimum Gasteiger partial charge on any atom is -0.326 e. The van der Waals surface area contributed by atoms with Crippen LogP contribution in [0.15, 0.2) is 29.2 Å². The zero-order chi connectivity index (χ0) is 16.3. The molecule has 5 nitrogen and oxygen atoms in total. The molecule has 0 radical (unpaired) electrons. The average Bonchev–Trinajstić information content (AvgIpc) is 2.44. The van der Waals surface area contributed by atoms with Crippen molar-refractivity contribution in [2.45, 2.75) is 37.5 Å². The molecule has 7 heteroatoms. The predicted molar refractivity (Wildman–Crippen MR) is 84.5 cm³/mol. The van der Waals surface area contributed by atoms with E-state index in [1.54, 1.807) is 32.9 Å². The number of hydrogen-bond acceptors (Lipinski definition) is 5. The van der Waals surface area contributed by atoms with E-state index < -0.39 is 30.7 Å². The SMILES string of the molecule is CC(C)C(C)S(=O)(=O)CCS(=O)(=O)c1cccc(CN)c1. The predicted octanol–water partition coefficient (Wildman–Crippen LogP) is 1.38. The van der Waals surface area contributed by atoms with E-state index in [0.717, 1.165) is 0 Å². The number of sulfone groups is 2. The van der Waals surface area contributed by atoms with Gasteiger partial charge in [0, 0.05) is 6.54 Å². The number of rotatable bonds is 7. The standard InChI is InChI=1S/C14H23NO4S2/c1-11(2)12(3)20(16,17)7-8-21(18,19)14-6-4-5-13(9-14)10-15/h4-6,9,11-12H,7-8,10,15H2,1-3H3. The second-order valence-corrected chi connectivity index (χ2v) is 10.1. The fourth-order valence-electron chi connectivity index (χ4n) is 1.81. The van der Waals surface area contributed by atoms with E-state index in [4.69, 9.17) is 5.73 Å². The molecule has 120 valence electrons. The first kappa shape index (κ1) is 18.1. The van der Waals surface area contributed by atoms with Gasteiger partial charge in [-0.3, -0.25) is 0 Å². The van der Waals surface area contributed by atoms with Crippen LogP contribution < -0.4 is 5.73 Å². The summed E-state index contributed by atoms with van der Waals surface area (Å²) in [6, 6.07) is 6.30. The van der Waals surface area contributed by atoms with Crippen molar-refractivity contribution >= 4 is 19.7 Å². The first-order valence-corrected chi connectivity index (χ1v) is 10.2. The maximum atomic E-state index is 12.2. The maximum Gasteiger partial charge on any atom is 0.179 e. The lowest BCUT2D eigenvalue weighted by atomic mass is 10.2. The Bertz CT molecular complexity index is 679. The molecule has 1 aromatic carbocycles. The van der Waals surface area contributed by atoms with Crippen LogP contribution in [-0.4, -0.2) is 33.6 Å². The fourth-order valence-corrected chi connectivity index (χ4v) is 5.67. The molecule has 0 saturated carbocycles. The molecule has 0 fully saturated rings. The Balaban J connectivity index is 2.91. The molecular formula is C14H23NO4S2. The minimum atomic E-state index is -3.62. The summed E-state index contributed by atoms with van der Waals surface area (Å²) in [5, 5.41) is -0.553. The van der Waals surface area contributed by atoms with Gasteiger partial charge in [0.15, 0.2) is 19.7 Å². The highest BCUT2D eigenvalue weighted by Crippen LogP contribution is 2.17. The van der Waals surface area contributed by atoms with Crippen LogP contribution in [0, 0.1) is 5.92 Å². The summed E-state index contributed by atoms with van der Waals surface area (Å²) in [4.78, 5) is 0.123. The van der Waals surface area contributed by atoms with Gasteiger partial charge in [-0.25, -0.2) is 16.8 Å². The molecule has 0 aliphatic carbocycles. The molecule has 0 aliphatic rings. The van der Waals surface area contributed by atoms with E-state index in [9.17, 15) is 16.8 Å². The quantitative estimate of drug-likeness (QED) is 0.813. The van der Waals surface area contributed by atoms with E-state index in [1.165, 1.54) is 12.1 Å². The zero-order valence-electron chi connectivity index (χ0n) is 12.6. The molecule has 1 aromatic rings. The van der Waals surface area contributed by atoms with E-state index in [1.807, 2.05) is 0 Å². The lowest BCUT2D eigenvalue weighted by molar-refractivity contribution is 0.545. The van der Waals surface area contributed by atoms with Gasteiger partial charge in [0.2, 0.25) is 0 Å². The van der Waals surface area contributed by atoms with Gasteiger partial charge in [-0.15, -0.1) is 0 Å². The van der Waals surface area contributed by atoms with Crippen LogP contribution in [0.25, 0.3) is 0 Å². The maximum absolute atomic E-state index is 12.2. The first-order chi connectivity index (χ1) is 9.60. The Hall–Kier alpha value is -0.920. The number of nitrogens with two attached hydrogens (primary N) is 1. The second kappa shape index (κ2) is 6.89. The van der Waals surface area contributed by atoms with Crippen molar-refractivity contribution in [2.75, 3.05) is 11.5 Å². The normalized spacial score (nSPS) is 14.3. The van der Waals surface area contributed by atoms with Crippen LogP contribution in [0.2, 0.25) is 0 Å². The second-order valence-electron chi connectivity index (χ2n) is 5.49. The first-order valence-electron chi connectivity index (χ1n) is 6.83. The van der Waals surface area contributed by atoms with Gasteiger partial charge < -0.3 is 5.73 Å². The van der Waals surface area contributed by atoms with Crippen LogP contribution in [0.1, 0.15) is 26.3 Å². The van der Waals surface area contributed by atoms with Gasteiger partial charge in [0.25, 0.3) is 0 Å². The van der Waals surface area contributed by atoms with Gasteiger partial charge in [0.1, 0.15) is 0 Å². The van der Waals surface area contributed by atoms with Crippen LogP contribution in [0.4, 0.5) is 0 Å². The Morgan fingerprint density at radius 2 is 1.67 bits per heavy atom. The molecule has 0 aliphatic heterocycles. The monoisotopic (exact) mass is 333 g/mol. The fraction of sp³-hybridized carbons (Fsp3) is 0.571. The summed E-state index contributed by atoms with van der Waals surface area (Å²) in [6.45, 7) is 5.47. The molecule has 1 atom stereocenters. The van der Waals surface area contributed by atoms with E-state index in [2.05, 4.69) is 0 Å². The molecule has 0 bridgehead atoms.